The van der Waals surface area contributed by atoms with Crippen molar-refractivity contribution in [1.29, 1.82) is 0 Å². The number of nitrogens with zero attached hydrogens (tertiary/aromatic N) is 1. The highest BCUT2D eigenvalue weighted by molar-refractivity contribution is 9.25. The van der Waals surface area contributed by atoms with Crippen molar-refractivity contribution in [3.8, 4) is 0 Å². The van der Waals surface area contributed by atoms with Crippen LogP contribution in [0.1, 0.15) is 24.5 Å². The summed E-state index contributed by atoms with van der Waals surface area (Å²) < 4.78 is -0.268. The van der Waals surface area contributed by atoms with E-state index in [4.69, 9.17) is 0 Å². The summed E-state index contributed by atoms with van der Waals surface area (Å²) in [5.74, 6) is 0.180. The lowest BCUT2D eigenvalue weighted by molar-refractivity contribution is -0.137. The molecule has 0 spiro atoms. The van der Waals surface area contributed by atoms with Gasteiger partial charge in [0.05, 0.1) is 8.65 Å². The van der Waals surface area contributed by atoms with E-state index in [2.05, 4.69) is 56.1 Å². The van der Waals surface area contributed by atoms with E-state index in [9.17, 15) is 4.79 Å². The minimum absolute atomic E-state index is 0.180. The predicted molar refractivity (Wildman–Crippen MR) is 100 cm³/mol. The zero-order valence-electron chi connectivity index (χ0n) is 13.0. The van der Waals surface area contributed by atoms with E-state index in [0.29, 0.717) is 13.1 Å². The fourth-order valence-electron chi connectivity index (χ4n) is 2.79. The molecule has 1 aliphatic rings. The van der Waals surface area contributed by atoms with Crippen LogP contribution < -0.4 is 0 Å². The largest absolute Gasteiger partial charge is 0.333 e. The van der Waals surface area contributed by atoms with Gasteiger partial charge < -0.3 is 4.90 Å². The van der Waals surface area contributed by atoms with Gasteiger partial charge in [0.15, 0.2) is 0 Å². The monoisotopic (exact) mass is 435 g/mol. The molecule has 0 aliphatic heterocycles. The maximum Gasteiger partial charge on any atom is 0.231 e. The standard InChI is InChI=1S/C19H19Br2NO/c1-18(14-19(18,20)21)17(23)22(12-15-8-4-2-5-9-15)13-16-10-6-3-7-11-16/h2-11H,12-14H2,1H3/t18-/m0/s1. The van der Waals surface area contributed by atoms with Gasteiger partial charge in [-0.2, -0.15) is 0 Å². The van der Waals surface area contributed by atoms with Crippen molar-refractivity contribution < 1.29 is 4.79 Å². The molecule has 2 aromatic rings. The van der Waals surface area contributed by atoms with Crippen LogP contribution in [0.2, 0.25) is 0 Å². The summed E-state index contributed by atoms with van der Waals surface area (Å²) in [4.78, 5) is 15.1. The van der Waals surface area contributed by atoms with Gasteiger partial charge in [-0.25, -0.2) is 0 Å². The fourth-order valence-corrected chi connectivity index (χ4v) is 4.25. The lowest BCUT2D eigenvalue weighted by Gasteiger charge is -2.27. The van der Waals surface area contributed by atoms with Crippen LogP contribution in [0, 0.1) is 5.41 Å². The van der Waals surface area contributed by atoms with Crippen molar-refractivity contribution in [2.75, 3.05) is 0 Å². The van der Waals surface area contributed by atoms with Gasteiger partial charge in [-0.05, 0) is 24.5 Å². The molecular formula is C19H19Br2NO. The van der Waals surface area contributed by atoms with Crippen molar-refractivity contribution in [2.24, 2.45) is 5.41 Å². The van der Waals surface area contributed by atoms with Crippen LogP contribution in [0.3, 0.4) is 0 Å². The minimum Gasteiger partial charge on any atom is -0.333 e. The normalized spacial score (nSPS) is 21.7. The third-order valence-electron chi connectivity index (χ3n) is 4.45. The van der Waals surface area contributed by atoms with E-state index in [1.807, 2.05) is 48.2 Å². The van der Waals surface area contributed by atoms with Crippen molar-refractivity contribution in [2.45, 2.75) is 29.7 Å². The molecule has 0 N–H and O–H groups in total. The molecular weight excluding hydrogens is 418 g/mol. The maximum atomic E-state index is 13.1. The Morgan fingerprint density at radius 3 is 1.70 bits per heavy atom. The zero-order chi connectivity index (χ0) is 16.5. The first-order chi connectivity index (χ1) is 10.9. The van der Waals surface area contributed by atoms with Gasteiger partial charge in [-0.1, -0.05) is 92.5 Å². The molecule has 2 nitrogen and oxygen atoms in total. The van der Waals surface area contributed by atoms with E-state index in [0.717, 1.165) is 17.5 Å². The fraction of sp³-hybridized carbons (Fsp3) is 0.316. The Morgan fingerprint density at radius 1 is 0.957 bits per heavy atom. The first-order valence-corrected chi connectivity index (χ1v) is 9.26. The number of halogens is 2. The second kappa shape index (κ2) is 6.40. The number of alkyl halides is 2. The lowest BCUT2D eigenvalue weighted by atomic mass is 10.1. The van der Waals surface area contributed by atoms with Crippen molar-refractivity contribution in [3.05, 3.63) is 71.8 Å². The number of hydrogen-bond acceptors (Lipinski definition) is 1. The van der Waals surface area contributed by atoms with Crippen LogP contribution >= 0.6 is 31.9 Å². The molecule has 0 saturated heterocycles. The van der Waals surface area contributed by atoms with Crippen LogP contribution in [-0.4, -0.2) is 14.0 Å². The summed E-state index contributed by atoms with van der Waals surface area (Å²) >= 11 is 7.24. The van der Waals surface area contributed by atoms with Crippen molar-refractivity contribution >= 4 is 37.8 Å². The average molecular weight is 437 g/mol. The highest BCUT2D eigenvalue weighted by Gasteiger charge is 2.67. The number of amides is 1. The second-order valence-electron chi connectivity index (χ2n) is 6.35. The molecule has 1 fully saturated rings. The molecule has 0 bridgehead atoms. The number of rotatable bonds is 5. The number of benzene rings is 2. The first-order valence-electron chi connectivity index (χ1n) is 7.67. The zero-order valence-corrected chi connectivity index (χ0v) is 16.2. The summed E-state index contributed by atoms with van der Waals surface area (Å²) in [6.45, 7) is 3.27. The van der Waals surface area contributed by atoms with Crippen molar-refractivity contribution in [1.82, 2.24) is 4.90 Å². The van der Waals surface area contributed by atoms with Gasteiger partial charge in [-0.3, -0.25) is 4.79 Å². The summed E-state index contributed by atoms with van der Waals surface area (Å²) in [6, 6.07) is 20.3. The summed E-state index contributed by atoms with van der Waals surface area (Å²) in [6.07, 6.45) is 0.804. The average Bonchev–Trinajstić information content (AvgIpc) is 3.07. The molecule has 1 aliphatic carbocycles. The van der Waals surface area contributed by atoms with Gasteiger partial charge in [0, 0.05) is 13.1 Å². The van der Waals surface area contributed by atoms with Crippen LogP contribution in [0.5, 0.6) is 0 Å². The van der Waals surface area contributed by atoms with E-state index < -0.39 is 5.41 Å². The molecule has 0 heterocycles. The SMILES string of the molecule is C[C@@]1(C(=O)N(Cc2ccccc2)Cc2ccccc2)CC1(Br)Br. The van der Waals surface area contributed by atoms with E-state index in [1.165, 1.54) is 0 Å². The number of hydrogen-bond donors (Lipinski definition) is 0. The van der Waals surface area contributed by atoms with Crippen LogP contribution in [-0.2, 0) is 17.9 Å². The molecule has 3 rings (SSSR count). The first kappa shape index (κ1) is 16.7. The van der Waals surface area contributed by atoms with E-state index in [-0.39, 0.29) is 9.14 Å². The van der Waals surface area contributed by atoms with E-state index >= 15 is 0 Å². The molecule has 23 heavy (non-hydrogen) atoms. The van der Waals surface area contributed by atoms with Crippen LogP contribution in [0.15, 0.2) is 60.7 Å². The minimum atomic E-state index is -0.392. The van der Waals surface area contributed by atoms with Gasteiger partial charge in [0.1, 0.15) is 0 Å². The summed E-state index contributed by atoms with van der Waals surface area (Å²) in [5.41, 5.74) is 1.91. The van der Waals surface area contributed by atoms with Gasteiger partial charge >= 0.3 is 0 Å². The van der Waals surface area contributed by atoms with Gasteiger partial charge in [-0.15, -0.1) is 0 Å². The Hall–Kier alpha value is -1.13. The third kappa shape index (κ3) is 3.53. The molecule has 1 amide bonds. The highest BCUT2D eigenvalue weighted by atomic mass is 79.9. The molecule has 120 valence electrons. The molecule has 0 radical (unpaired) electrons. The Morgan fingerprint density at radius 2 is 1.35 bits per heavy atom. The molecule has 1 saturated carbocycles. The molecule has 0 unspecified atom stereocenters. The Labute approximate surface area is 154 Å². The molecule has 0 aromatic heterocycles. The molecule has 1 atom stereocenters. The van der Waals surface area contributed by atoms with Crippen LogP contribution in [0.25, 0.3) is 0 Å². The van der Waals surface area contributed by atoms with Gasteiger partial charge in [0.2, 0.25) is 5.91 Å². The maximum absolute atomic E-state index is 13.1. The van der Waals surface area contributed by atoms with Gasteiger partial charge in [0.25, 0.3) is 0 Å². The Kier molecular flexibility index (Phi) is 4.65. The smallest absolute Gasteiger partial charge is 0.231 e. The quantitative estimate of drug-likeness (QED) is 0.596. The summed E-state index contributed by atoms with van der Waals surface area (Å²) in [5, 5.41) is 0. The number of carbonyl (C=O) groups is 1. The van der Waals surface area contributed by atoms with Crippen LogP contribution in [0.4, 0.5) is 0 Å². The van der Waals surface area contributed by atoms with Crippen molar-refractivity contribution in [3.63, 3.8) is 0 Å². The Balaban J connectivity index is 1.83. The molecule has 2 aromatic carbocycles. The lowest BCUT2D eigenvalue weighted by Crippen LogP contribution is -2.37. The highest BCUT2D eigenvalue weighted by Crippen LogP contribution is 2.67. The third-order valence-corrected chi connectivity index (χ3v) is 6.76. The molecule has 4 heteroatoms. The second-order valence-corrected chi connectivity index (χ2v) is 10.1. The van der Waals surface area contributed by atoms with E-state index in [1.54, 1.807) is 0 Å². The topological polar surface area (TPSA) is 20.3 Å². The summed E-state index contributed by atoms with van der Waals surface area (Å²) in [7, 11) is 0. The Bertz CT molecular complexity index is 646. The predicted octanol–water partition coefficient (Wildman–Crippen LogP) is 5.11. The number of carbonyl (C=O) groups excluding carboxylic acids is 1.